The van der Waals surface area contributed by atoms with Crippen LogP contribution >= 0.6 is 0 Å². The molecule has 0 aliphatic heterocycles. The minimum absolute atomic E-state index is 0.168. The maximum Gasteiger partial charge on any atom is 0.160 e. The first-order valence-electron chi connectivity index (χ1n) is 19.1. The lowest BCUT2D eigenvalue weighted by atomic mass is 9.82. The minimum atomic E-state index is -0.168. The van der Waals surface area contributed by atoms with Crippen LogP contribution in [0.1, 0.15) is 25.0 Å². The minimum Gasteiger partial charge on any atom is -0.292 e. The van der Waals surface area contributed by atoms with Crippen LogP contribution in [0, 0.1) is 0 Å². The van der Waals surface area contributed by atoms with Gasteiger partial charge in [-0.3, -0.25) is 9.38 Å². The molecule has 0 saturated heterocycles. The first-order chi connectivity index (χ1) is 27.5. The van der Waals surface area contributed by atoms with Gasteiger partial charge < -0.3 is 0 Å². The largest absolute Gasteiger partial charge is 0.292 e. The molecule has 5 nitrogen and oxygen atoms in total. The van der Waals surface area contributed by atoms with Crippen LogP contribution < -0.4 is 0 Å². The highest BCUT2D eigenvalue weighted by atomic mass is 15.0. The van der Waals surface area contributed by atoms with Gasteiger partial charge in [0.1, 0.15) is 5.65 Å². The molecule has 0 N–H and O–H groups in total. The normalized spacial score (nSPS) is 13.3. The summed E-state index contributed by atoms with van der Waals surface area (Å²) in [6.45, 7) is 4.66. The molecule has 1 aliphatic carbocycles. The van der Waals surface area contributed by atoms with Gasteiger partial charge in [-0.2, -0.15) is 0 Å². The summed E-state index contributed by atoms with van der Waals surface area (Å²) in [5.41, 5.74) is 15.0. The molecule has 0 bridgehead atoms. The van der Waals surface area contributed by atoms with Gasteiger partial charge in [-0.25, -0.2) is 15.0 Å². The SMILES string of the molecule is CC1(C)c2ccccc2-c2ccc3c(nc4c5ccc(-c6nc(-c7ccc(-c8cccc9ccccc89)nc7)c7ccccc7n6)cc5c5ccccc5n34)c21. The maximum absolute atomic E-state index is 5.51. The molecule has 0 saturated carbocycles. The van der Waals surface area contributed by atoms with Crippen molar-refractivity contribution in [1.82, 2.24) is 24.3 Å². The third kappa shape index (κ3) is 4.31. The molecule has 0 radical (unpaired) electrons. The molecule has 0 fully saturated rings. The third-order valence-electron chi connectivity index (χ3n) is 12.0. The molecule has 12 rings (SSSR count). The zero-order chi connectivity index (χ0) is 37.1. The number of hydrogen-bond acceptors (Lipinski definition) is 4. The molecule has 56 heavy (non-hydrogen) atoms. The van der Waals surface area contributed by atoms with Gasteiger partial charge in [0.05, 0.1) is 33.5 Å². The molecule has 1 aliphatic rings. The number of aromatic nitrogens is 5. The second-order valence-electron chi connectivity index (χ2n) is 15.4. The van der Waals surface area contributed by atoms with Gasteiger partial charge in [-0.05, 0) is 80.9 Å². The summed E-state index contributed by atoms with van der Waals surface area (Å²) >= 11 is 0. The maximum atomic E-state index is 5.51. The Morgan fingerprint density at radius 1 is 0.500 bits per heavy atom. The summed E-state index contributed by atoms with van der Waals surface area (Å²) in [6.07, 6.45) is 1.94. The van der Waals surface area contributed by atoms with E-state index < -0.39 is 0 Å². The van der Waals surface area contributed by atoms with Gasteiger partial charge in [0.25, 0.3) is 0 Å². The highest BCUT2D eigenvalue weighted by Gasteiger charge is 2.38. The molecule has 7 aromatic carbocycles. The molecule has 0 unspecified atom stereocenters. The Morgan fingerprint density at radius 3 is 2.14 bits per heavy atom. The topological polar surface area (TPSA) is 56.0 Å². The van der Waals surface area contributed by atoms with Crippen molar-refractivity contribution in [2.45, 2.75) is 19.3 Å². The lowest BCUT2D eigenvalue weighted by molar-refractivity contribution is 0.665. The van der Waals surface area contributed by atoms with E-state index in [1.165, 1.54) is 33.0 Å². The Hall–Kier alpha value is -7.24. The lowest BCUT2D eigenvalue weighted by Gasteiger charge is -2.21. The van der Waals surface area contributed by atoms with Crippen LogP contribution in [0.5, 0.6) is 0 Å². The van der Waals surface area contributed by atoms with Crippen molar-refractivity contribution in [3.63, 3.8) is 0 Å². The Labute approximate surface area is 322 Å². The number of rotatable bonds is 3. The second kappa shape index (κ2) is 11.4. The average Bonchev–Trinajstić information content (AvgIpc) is 3.76. The van der Waals surface area contributed by atoms with Gasteiger partial charge in [-0.1, -0.05) is 129 Å². The summed E-state index contributed by atoms with van der Waals surface area (Å²) in [4.78, 5) is 20.9. The molecule has 0 amide bonds. The first kappa shape index (κ1) is 31.1. The van der Waals surface area contributed by atoms with Gasteiger partial charge >= 0.3 is 0 Å². The molecular formula is C51H33N5. The molecule has 0 spiro atoms. The number of hydrogen-bond donors (Lipinski definition) is 0. The third-order valence-corrected chi connectivity index (χ3v) is 12.0. The molecule has 4 aromatic heterocycles. The average molecular weight is 716 g/mol. The molecule has 4 heterocycles. The zero-order valence-corrected chi connectivity index (χ0v) is 30.8. The predicted molar refractivity (Wildman–Crippen MR) is 230 cm³/mol. The van der Waals surface area contributed by atoms with Crippen LogP contribution in [0.15, 0.2) is 164 Å². The van der Waals surface area contributed by atoms with E-state index in [-0.39, 0.29) is 5.41 Å². The standard InChI is InChI=1S/C51H33N5/c1-51(2)41-19-8-5-15-34(41)37-25-27-45-48(46(37)51)55-50-38-24-22-31(28-40(38)36-16-7-10-21-44(36)56(45)50)49-53-43-20-9-6-17-39(43)47(54-49)32-23-26-42(52-29-32)35-18-11-13-30-12-3-4-14-33(30)35/h3-29H,1-2H3. The number of imidazole rings is 1. The van der Waals surface area contributed by atoms with Crippen LogP contribution in [0.3, 0.4) is 0 Å². The van der Waals surface area contributed by atoms with E-state index >= 15 is 0 Å². The van der Waals surface area contributed by atoms with E-state index in [2.05, 4.69) is 164 Å². The number of pyridine rings is 2. The number of nitrogens with zero attached hydrogens (tertiary/aromatic N) is 5. The van der Waals surface area contributed by atoms with Crippen molar-refractivity contribution in [1.29, 1.82) is 0 Å². The highest BCUT2D eigenvalue weighted by Crippen LogP contribution is 2.51. The van der Waals surface area contributed by atoms with E-state index in [1.807, 2.05) is 18.3 Å². The Bertz CT molecular complexity index is 3440. The van der Waals surface area contributed by atoms with Crippen LogP contribution in [-0.4, -0.2) is 24.3 Å². The molecule has 5 heteroatoms. The van der Waals surface area contributed by atoms with Crippen molar-refractivity contribution < 1.29 is 0 Å². The van der Waals surface area contributed by atoms with Crippen molar-refractivity contribution in [2.24, 2.45) is 0 Å². The summed E-state index contributed by atoms with van der Waals surface area (Å²) in [7, 11) is 0. The van der Waals surface area contributed by atoms with Gasteiger partial charge in [0.2, 0.25) is 0 Å². The Morgan fingerprint density at radius 2 is 1.25 bits per heavy atom. The van der Waals surface area contributed by atoms with Crippen LogP contribution in [0.2, 0.25) is 0 Å². The van der Waals surface area contributed by atoms with Crippen molar-refractivity contribution in [3.05, 3.63) is 175 Å². The first-order valence-corrected chi connectivity index (χ1v) is 19.1. The van der Waals surface area contributed by atoms with E-state index in [0.29, 0.717) is 5.82 Å². The summed E-state index contributed by atoms with van der Waals surface area (Å²) in [6, 6.07) is 55.9. The fourth-order valence-electron chi connectivity index (χ4n) is 9.39. The van der Waals surface area contributed by atoms with Gasteiger partial charge in [0.15, 0.2) is 5.82 Å². The van der Waals surface area contributed by atoms with E-state index in [9.17, 15) is 0 Å². The Kier molecular flexibility index (Phi) is 6.33. The molecule has 262 valence electrons. The van der Waals surface area contributed by atoms with E-state index in [4.69, 9.17) is 19.9 Å². The van der Waals surface area contributed by atoms with E-state index in [0.717, 1.165) is 77.3 Å². The zero-order valence-electron chi connectivity index (χ0n) is 30.8. The van der Waals surface area contributed by atoms with Crippen LogP contribution in [-0.2, 0) is 5.41 Å². The molecule has 11 aromatic rings. The van der Waals surface area contributed by atoms with Gasteiger partial charge in [0, 0.05) is 44.5 Å². The summed E-state index contributed by atoms with van der Waals surface area (Å²) in [5, 5.41) is 6.76. The Balaban J connectivity index is 1.04. The van der Waals surface area contributed by atoms with Gasteiger partial charge in [-0.15, -0.1) is 0 Å². The number of para-hydroxylation sites is 2. The highest BCUT2D eigenvalue weighted by molar-refractivity contribution is 6.15. The van der Waals surface area contributed by atoms with Crippen LogP contribution in [0.25, 0.3) is 105 Å². The lowest BCUT2D eigenvalue weighted by Crippen LogP contribution is -2.15. The quantitative estimate of drug-likeness (QED) is 0.171. The van der Waals surface area contributed by atoms with Crippen molar-refractivity contribution >= 4 is 60.0 Å². The number of benzene rings is 7. The van der Waals surface area contributed by atoms with E-state index in [1.54, 1.807) is 0 Å². The molecular weight excluding hydrogens is 683 g/mol. The van der Waals surface area contributed by atoms with Crippen molar-refractivity contribution in [3.8, 4) is 45.0 Å². The summed E-state index contributed by atoms with van der Waals surface area (Å²) < 4.78 is 2.35. The summed E-state index contributed by atoms with van der Waals surface area (Å²) in [5.74, 6) is 0.675. The number of fused-ring (bicyclic) bond motifs is 14. The van der Waals surface area contributed by atoms with Crippen molar-refractivity contribution in [2.75, 3.05) is 0 Å². The second-order valence-corrected chi connectivity index (χ2v) is 15.4. The van der Waals surface area contributed by atoms with Crippen LogP contribution in [0.4, 0.5) is 0 Å². The fraction of sp³-hybridized carbons (Fsp3) is 0.0588. The monoisotopic (exact) mass is 715 g/mol. The fourth-order valence-corrected chi connectivity index (χ4v) is 9.39. The predicted octanol–water partition coefficient (Wildman–Crippen LogP) is 12.6. The molecule has 0 atom stereocenters. The smallest absolute Gasteiger partial charge is 0.160 e.